The van der Waals surface area contributed by atoms with E-state index in [0.717, 1.165) is 24.4 Å². The minimum Gasteiger partial charge on any atom is -0.345 e. The third kappa shape index (κ3) is 6.74. The third-order valence-corrected chi connectivity index (χ3v) is 8.86. The van der Waals surface area contributed by atoms with Crippen LogP contribution in [0.3, 0.4) is 0 Å². The van der Waals surface area contributed by atoms with Gasteiger partial charge in [-0.2, -0.15) is 26.3 Å². The van der Waals surface area contributed by atoms with Gasteiger partial charge in [0.15, 0.2) is 5.13 Å². The van der Waals surface area contributed by atoms with Crippen molar-refractivity contribution in [1.82, 2.24) is 14.9 Å². The number of hydrogen-bond acceptors (Lipinski definition) is 7. The highest BCUT2D eigenvalue weighted by Gasteiger charge is 2.34. The van der Waals surface area contributed by atoms with E-state index in [1.54, 1.807) is 5.38 Å². The van der Waals surface area contributed by atoms with E-state index in [1.165, 1.54) is 46.7 Å². The van der Waals surface area contributed by atoms with Crippen LogP contribution in [-0.4, -0.2) is 55.4 Å². The summed E-state index contributed by atoms with van der Waals surface area (Å²) in [5, 5.41) is 2.29. The van der Waals surface area contributed by atoms with Crippen LogP contribution < -0.4 is 9.62 Å². The van der Waals surface area contributed by atoms with E-state index in [4.69, 9.17) is 0 Å². The molecule has 5 rings (SSSR count). The Kier molecular flexibility index (Phi) is 8.09. The molecule has 1 aliphatic rings. The molecule has 0 aliphatic carbocycles. The number of hydrogen-bond donors (Lipinski definition) is 1. The number of thiazole rings is 1. The number of nitrogens with one attached hydrogen (secondary N) is 1. The molecule has 4 aromatic rings. The van der Waals surface area contributed by atoms with Gasteiger partial charge in [0.1, 0.15) is 4.90 Å². The monoisotopic (exact) mass is 641 g/mol. The van der Waals surface area contributed by atoms with Crippen LogP contribution in [0.4, 0.5) is 37.2 Å². The summed E-state index contributed by atoms with van der Waals surface area (Å²) in [4.78, 5) is 24.6. The zero-order valence-corrected chi connectivity index (χ0v) is 23.5. The van der Waals surface area contributed by atoms with Crippen molar-refractivity contribution in [1.29, 1.82) is 0 Å². The maximum atomic E-state index is 13.5. The standard InChI is InChI=1S/C27H21F6N5O3S2/c28-26(29,30)18-5-3-17(4-6-18)23-16-42-25(35-23)38-12-10-37(11-13-38)24(39)21-8-7-19(27(31,32)33)14-22(21)36-43(40,41)20-2-1-9-34-15-20/h1-9,14-16,36H,10-13H2. The van der Waals surface area contributed by atoms with Crippen molar-refractivity contribution in [2.75, 3.05) is 35.8 Å². The second-order valence-electron chi connectivity index (χ2n) is 9.42. The molecule has 1 amide bonds. The maximum Gasteiger partial charge on any atom is 0.416 e. The number of halogens is 6. The second kappa shape index (κ2) is 11.5. The number of carbonyl (C=O) groups excluding carboxylic acids is 1. The van der Waals surface area contributed by atoms with Crippen LogP contribution >= 0.6 is 11.3 Å². The number of carbonyl (C=O) groups is 1. The van der Waals surface area contributed by atoms with E-state index in [9.17, 15) is 39.6 Å². The Hall–Kier alpha value is -4.18. The topological polar surface area (TPSA) is 95.5 Å². The second-order valence-corrected chi connectivity index (χ2v) is 11.9. The number of aromatic nitrogens is 2. The number of alkyl halides is 6. The van der Waals surface area contributed by atoms with Crippen LogP contribution in [0, 0.1) is 0 Å². The number of rotatable bonds is 6. The largest absolute Gasteiger partial charge is 0.416 e. The van der Waals surface area contributed by atoms with Crippen molar-refractivity contribution in [3.63, 3.8) is 0 Å². The summed E-state index contributed by atoms with van der Waals surface area (Å²) in [6, 6.07) is 9.42. The lowest BCUT2D eigenvalue weighted by Gasteiger charge is -2.35. The number of piperazine rings is 1. The van der Waals surface area contributed by atoms with Gasteiger partial charge in [0, 0.05) is 49.5 Å². The molecule has 8 nitrogen and oxygen atoms in total. The van der Waals surface area contributed by atoms with Crippen molar-refractivity contribution in [3.8, 4) is 11.3 Å². The van der Waals surface area contributed by atoms with E-state index in [0.29, 0.717) is 41.6 Å². The smallest absolute Gasteiger partial charge is 0.345 e. The van der Waals surface area contributed by atoms with Crippen molar-refractivity contribution in [2.45, 2.75) is 17.2 Å². The predicted molar refractivity (Wildman–Crippen MR) is 147 cm³/mol. The molecule has 43 heavy (non-hydrogen) atoms. The van der Waals surface area contributed by atoms with Crippen molar-refractivity contribution >= 4 is 38.1 Å². The molecule has 1 N–H and O–H groups in total. The lowest BCUT2D eigenvalue weighted by atomic mass is 10.1. The molecule has 0 bridgehead atoms. The first-order valence-corrected chi connectivity index (χ1v) is 14.9. The molecular weight excluding hydrogens is 620 g/mol. The van der Waals surface area contributed by atoms with E-state index >= 15 is 0 Å². The van der Waals surface area contributed by atoms with Crippen LogP contribution in [0.2, 0.25) is 0 Å². The fraction of sp³-hybridized carbons (Fsp3) is 0.222. The molecular formula is C27H21F6N5O3S2. The van der Waals surface area contributed by atoms with Crippen LogP contribution in [0.5, 0.6) is 0 Å². The highest BCUT2D eigenvalue weighted by atomic mass is 32.2. The summed E-state index contributed by atoms with van der Waals surface area (Å²) in [5.74, 6) is -0.665. The lowest BCUT2D eigenvalue weighted by molar-refractivity contribution is -0.138. The molecule has 0 unspecified atom stereocenters. The molecule has 16 heteroatoms. The normalized spacial score (nSPS) is 14.6. The number of anilines is 2. The van der Waals surface area contributed by atoms with Gasteiger partial charge >= 0.3 is 12.4 Å². The quantitative estimate of drug-likeness (QED) is 0.260. The average molecular weight is 642 g/mol. The fourth-order valence-corrected chi connectivity index (χ4v) is 6.27. The number of amides is 1. The first kappa shape index (κ1) is 30.3. The van der Waals surface area contributed by atoms with Crippen molar-refractivity contribution < 1.29 is 39.6 Å². The van der Waals surface area contributed by atoms with Gasteiger partial charge in [-0.15, -0.1) is 11.3 Å². The van der Waals surface area contributed by atoms with E-state index < -0.39 is 45.1 Å². The van der Waals surface area contributed by atoms with E-state index in [-0.39, 0.29) is 23.5 Å². The molecule has 1 aliphatic heterocycles. The van der Waals surface area contributed by atoms with Gasteiger partial charge in [-0.1, -0.05) is 12.1 Å². The number of nitrogens with zero attached hydrogens (tertiary/aromatic N) is 4. The summed E-state index contributed by atoms with van der Waals surface area (Å²) in [6.45, 7) is 0.930. The van der Waals surface area contributed by atoms with Gasteiger partial charge in [0.05, 0.1) is 28.1 Å². The molecule has 0 radical (unpaired) electrons. The zero-order chi connectivity index (χ0) is 31.0. The third-order valence-electron chi connectivity index (χ3n) is 6.60. The summed E-state index contributed by atoms with van der Waals surface area (Å²) in [7, 11) is -4.36. The van der Waals surface area contributed by atoms with Gasteiger partial charge < -0.3 is 9.80 Å². The Labute approximate surface area is 245 Å². The molecule has 0 atom stereocenters. The highest BCUT2D eigenvalue weighted by molar-refractivity contribution is 7.92. The van der Waals surface area contributed by atoms with Crippen LogP contribution in [-0.2, 0) is 22.4 Å². The summed E-state index contributed by atoms with van der Waals surface area (Å²) in [6.07, 6.45) is -6.88. The lowest BCUT2D eigenvalue weighted by Crippen LogP contribution is -2.49. The number of sulfonamides is 1. The highest BCUT2D eigenvalue weighted by Crippen LogP contribution is 2.35. The zero-order valence-electron chi connectivity index (χ0n) is 21.9. The molecule has 0 saturated carbocycles. The average Bonchev–Trinajstić information content (AvgIpc) is 3.47. The SMILES string of the molecule is O=C(c1ccc(C(F)(F)F)cc1NS(=O)(=O)c1cccnc1)N1CCN(c2nc(-c3ccc(C(F)(F)F)cc3)cs2)CC1. The van der Waals surface area contributed by atoms with Gasteiger partial charge in [-0.05, 0) is 42.5 Å². The van der Waals surface area contributed by atoms with Gasteiger partial charge in [-0.3, -0.25) is 14.5 Å². The minimum absolute atomic E-state index is 0.157. The fourth-order valence-electron chi connectivity index (χ4n) is 4.34. The Morgan fingerprint density at radius 1 is 0.884 bits per heavy atom. The minimum atomic E-state index is -4.78. The van der Waals surface area contributed by atoms with Crippen LogP contribution in [0.15, 0.2) is 77.3 Å². The predicted octanol–water partition coefficient (Wildman–Crippen LogP) is 6.01. The Bertz CT molecular complexity index is 1720. The molecule has 1 saturated heterocycles. The Morgan fingerprint density at radius 2 is 1.53 bits per heavy atom. The first-order chi connectivity index (χ1) is 20.2. The van der Waals surface area contributed by atoms with Crippen LogP contribution in [0.1, 0.15) is 21.5 Å². The van der Waals surface area contributed by atoms with Gasteiger partial charge in [0.25, 0.3) is 15.9 Å². The van der Waals surface area contributed by atoms with Gasteiger partial charge in [-0.25, -0.2) is 13.4 Å². The molecule has 2 aromatic heterocycles. The number of pyridine rings is 1. The van der Waals surface area contributed by atoms with Crippen molar-refractivity contribution in [3.05, 3.63) is 89.1 Å². The first-order valence-electron chi connectivity index (χ1n) is 12.5. The van der Waals surface area contributed by atoms with Crippen molar-refractivity contribution in [2.24, 2.45) is 0 Å². The maximum absolute atomic E-state index is 13.5. The molecule has 3 heterocycles. The van der Waals surface area contributed by atoms with E-state index in [1.807, 2.05) is 4.90 Å². The van der Waals surface area contributed by atoms with E-state index in [2.05, 4.69) is 14.7 Å². The molecule has 1 fully saturated rings. The number of benzene rings is 2. The molecule has 0 spiro atoms. The Balaban J connectivity index is 1.31. The summed E-state index contributed by atoms with van der Waals surface area (Å²) in [5.41, 5.74) is -1.69. The Morgan fingerprint density at radius 3 is 2.14 bits per heavy atom. The van der Waals surface area contributed by atoms with Crippen LogP contribution in [0.25, 0.3) is 11.3 Å². The molecule has 226 valence electrons. The summed E-state index contributed by atoms with van der Waals surface area (Å²) >= 11 is 1.28. The molecule has 2 aromatic carbocycles. The van der Waals surface area contributed by atoms with Gasteiger partial charge in [0.2, 0.25) is 0 Å². The summed E-state index contributed by atoms with van der Waals surface area (Å²) < 4.78 is 107.